The summed E-state index contributed by atoms with van der Waals surface area (Å²) >= 11 is 5.16. The van der Waals surface area contributed by atoms with Crippen LogP contribution in [0.25, 0.3) is 0 Å². The molecule has 9 nitrogen and oxygen atoms in total. The molecule has 0 bridgehead atoms. The van der Waals surface area contributed by atoms with Crippen LogP contribution in [0.1, 0.15) is 24.8 Å². The Morgan fingerprint density at radius 1 is 0.975 bits per heavy atom. The van der Waals surface area contributed by atoms with Crippen LogP contribution in [0.5, 0.6) is 11.5 Å². The fourth-order valence-corrected chi connectivity index (χ4v) is 5.00. The number of nitrogens with one attached hydrogen (secondary N) is 3. The zero-order valence-electron chi connectivity index (χ0n) is 21.9. The van der Waals surface area contributed by atoms with Gasteiger partial charge in [-0.1, -0.05) is 30.3 Å². The summed E-state index contributed by atoms with van der Waals surface area (Å²) in [6.45, 7) is 3.75. The molecule has 0 unspecified atom stereocenters. The summed E-state index contributed by atoms with van der Waals surface area (Å²) in [7, 11) is 0. The lowest BCUT2D eigenvalue weighted by molar-refractivity contribution is -0.119. The molecule has 0 atom stereocenters. The Labute approximate surface area is 237 Å². The second-order valence-corrected chi connectivity index (χ2v) is 10.2. The molecule has 0 aliphatic carbocycles. The number of aromatic nitrogens is 1. The van der Waals surface area contributed by atoms with Crippen molar-refractivity contribution in [3.05, 3.63) is 78.2 Å². The molecule has 2 saturated heterocycles. The van der Waals surface area contributed by atoms with E-state index in [4.69, 9.17) is 17.0 Å². The summed E-state index contributed by atoms with van der Waals surface area (Å²) in [5.74, 6) is 0.0779. The monoisotopic (exact) mass is 562 g/mol. The number of hydrogen-bond acceptors (Lipinski definition) is 6. The Morgan fingerprint density at radius 3 is 2.42 bits per heavy atom. The summed E-state index contributed by atoms with van der Waals surface area (Å²) in [6, 6.07) is 17.1. The zero-order valence-corrected chi connectivity index (χ0v) is 22.8. The highest BCUT2D eigenvalue weighted by Gasteiger charge is 2.29. The average molecular weight is 563 g/mol. The van der Waals surface area contributed by atoms with Gasteiger partial charge in [-0.2, -0.15) is 0 Å². The number of likely N-dealkylation sites (tertiary alicyclic amines) is 2. The number of ether oxygens (including phenoxy) is 1. The van der Waals surface area contributed by atoms with E-state index in [-0.39, 0.29) is 34.9 Å². The lowest BCUT2D eigenvalue weighted by atomic mass is 10.00. The summed E-state index contributed by atoms with van der Waals surface area (Å²) in [6.07, 6.45) is 4.89. The highest BCUT2D eigenvalue weighted by molar-refractivity contribution is 7.80. The van der Waals surface area contributed by atoms with Gasteiger partial charge in [-0.05, 0) is 68.3 Å². The molecule has 5 rings (SSSR count). The van der Waals surface area contributed by atoms with Crippen molar-refractivity contribution >= 4 is 40.8 Å². The molecule has 2 aliphatic heterocycles. The lowest BCUT2D eigenvalue weighted by Crippen LogP contribution is -2.51. The highest BCUT2D eigenvalue weighted by Crippen LogP contribution is 2.27. The zero-order chi connectivity index (χ0) is 27.9. The molecule has 2 aliphatic rings. The Morgan fingerprint density at radius 2 is 1.73 bits per heavy atom. The Bertz CT molecular complexity index is 1360. The van der Waals surface area contributed by atoms with Gasteiger partial charge in [0, 0.05) is 37.5 Å². The van der Waals surface area contributed by atoms with Crippen molar-refractivity contribution in [3.63, 3.8) is 0 Å². The molecule has 1 aromatic heterocycles. The van der Waals surface area contributed by atoms with Crippen LogP contribution in [0.4, 0.5) is 20.7 Å². The smallest absolute Gasteiger partial charge is 0.323 e. The molecular formula is C29H31FN6O3S. The number of urea groups is 1. The van der Waals surface area contributed by atoms with E-state index in [2.05, 4.69) is 25.8 Å². The SMILES string of the molecule is O=C(Cc1ccccc1)NC(=S)Nc1ccc(Oc2ccnc(NC(=O)N3CCC(N4CCC4)CC3)c2)cc1F. The molecule has 0 radical (unpaired) electrons. The number of carbonyl (C=O) groups excluding carboxylic acids is 2. The number of hydrogen-bond donors (Lipinski definition) is 3. The van der Waals surface area contributed by atoms with Gasteiger partial charge in [0.05, 0.1) is 12.1 Å². The molecule has 3 heterocycles. The van der Waals surface area contributed by atoms with Crippen LogP contribution < -0.4 is 20.7 Å². The van der Waals surface area contributed by atoms with Crippen molar-refractivity contribution in [2.75, 3.05) is 36.8 Å². The van der Waals surface area contributed by atoms with Gasteiger partial charge in [0.1, 0.15) is 23.1 Å². The van der Waals surface area contributed by atoms with Crippen LogP contribution in [0.2, 0.25) is 0 Å². The minimum absolute atomic E-state index is 0.00668. The molecule has 3 N–H and O–H groups in total. The number of pyridine rings is 1. The van der Waals surface area contributed by atoms with Crippen LogP contribution >= 0.6 is 12.2 Å². The maximum Gasteiger partial charge on any atom is 0.323 e. The molecule has 3 amide bonds. The summed E-state index contributed by atoms with van der Waals surface area (Å²) in [5.41, 5.74) is 0.939. The van der Waals surface area contributed by atoms with E-state index < -0.39 is 5.82 Å². The Hall–Kier alpha value is -4.09. The van der Waals surface area contributed by atoms with E-state index in [1.165, 1.54) is 24.8 Å². The molecule has 3 aromatic rings. The largest absolute Gasteiger partial charge is 0.457 e. The van der Waals surface area contributed by atoms with Crippen LogP contribution in [0, 0.1) is 5.82 Å². The van der Waals surface area contributed by atoms with Crippen LogP contribution in [0.15, 0.2) is 66.9 Å². The van der Waals surface area contributed by atoms with Gasteiger partial charge < -0.3 is 25.2 Å². The first-order valence-electron chi connectivity index (χ1n) is 13.3. The van der Waals surface area contributed by atoms with Crippen molar-refractivity contribution < 1.29 is 18.7 Å². The minimum Gasteiger partial charge on any atom is -0.457 e. The van der Waals surface area contributed by atoms with E-state index >= 15 is 0 Å². The van der Waals surface area contributed by atoms with Crippen molar-refractivity contribution in [1.82, 2.24) is 20.1 Å². The molecular weight excluding hydrogens is 531 g/mol. The van der Waals surface area contributed by atoms with Crippen molar-refractivity contribution in [2.45, 2.75) is 31.7 Å². The normalized spacial score (nSPS) is 15.6. The summed E-state index contributed by atoms with van der Waals surface area (Å²) in [5, 5.41) is 8.08. The Kier molecular flexibility index (Phi) is 8.82. The number of nitrogens with zero attached hydrogens (tertiary/aromatic N) is 3. The highest BCUT2D eigenvalue weighted by atomic mass is 32.1. The quantitative estimate of drug-likeness (QED) is 0.357. The van der Waals surface area contributed by atoms with Gasteiger partial charge in [-0.3, -0.25) is 10.1 Å². The molecule has 208 valence electrons. The third-order valence-corrected chi connectivity index (χ3v) is 7.21. The third-order valence-electron chi connectivity index (χ3n) is 7.01. The molecule has 2 aromatic carbocycles. The molecule has 0 saturated carbocycles. The first-order valence-corrected chi connectivity index (χ1v) is 13.7. The number of carbonyl (C=O) groups is 2. The van der Waals surface area contributed by atoms with E-state index in [1.807, 2.05) is 30.3 Å². The molecule has 0 spiro atoms. The number of anilines is 2. The fourth-order valence-electron chi connectivity index (χ4n) is 4.77. The first-order chi connectivity index (χ1) is 19.4. The fraction of sp³-hybridized carbons (Fsp3) is 0.310. The maximum atomic E-state index is 14.8. The summed E-state index contributed by atoms with van der Waals surface area (Å²) < 4.78 is 20.6. The lowest BCUT2D eigenvalue weighted by Gasteiger charge is -2.42. The van der Waals surface area contributed by atoms with Gasteiger partial charge in [0.15, 0.2) is 5.11 Å². The predicted molar refractivity (Wildman–Crippen MR) is 155 cm³/mol. The van der Waals surface area contributed by atoms with Gasteiger partial charge in [-0.15, -0.1) is 0 Å². The summed E-state index contributed by atoms with van der Waals surface area (Å²) in [4.78, 5) is 33.5. The van der Waals surface area contributed by atoms with Crippen molar-refractivity contribution in [1.29, 1.82) is 0 Å². The van der Waals surface area contributed by atoms with Crippen LogP contribution in [-0.2, 0) is 11.2 Å². The van der Waals surface area contributed by atoms with Gasteiger partial charge in [-0.25, -0.2) is 14.2 Å². The topological polar surface area (TPSA) is 98.8 Å². The number of amides is 3. The number of thiocarbonyl (C=S) groups is 1. The molecule has 11 heteroatoms. The number of piperidine rings is 1. The van der Waals surface area contributed by atoms with Crippen molar-refractivity contribution in [2.24, 2.45) is 0 Å². The van der Waals surface area contributed by atoms with Gasteiger partial charge >= 0.3 is 6.03 Å². The minimum atomic E-state index is -0.610. The molecule has 2 fully saturated rings. The van der Waals surface area contributed by atoms with Crippen LogP contribution in [-0.4, -0.2) is 64.1 Å². The second-order valence-electron chi connectivity index (χ2n) is 9.82. The van der Waals surface area contributed by atoms with Gasteiger partial charge in [0.2, 0.25) is 5.91 Å². The standard InChI is InChI=1S/C29H31FN6O3S/c30-24-18-22(7-8-25(24)32-28(40)34-27(37)17-20-5-2-1-3-6-20)39-23-9-12-31-26(19-23)33-29(38)36-15-10-21(11-16-36)35-13-4-14-35/h1-3,5-9,12,18-19,21H,4,10-11,13-17H2,(H,31,33,38)(H2,32,34,37,40). The number of benzene rings is 2. The second kappa shape index (κ2) is 12.8. The third kappa shape index (κ3) is 7.30. The van der Waals surface area contributed by atoms with E-state index in [0.29, 0.717) is 30.7 Å². The van der Waals surface area contributed by atoms with Gasteiger partial charge in [0.25, 0.3) is 0 Å². The number of rotatable bonds is 7. The van der Waals surface area contributed by atoms with E-state index in [1.54, 1.807) is 23.1 Å². The Balaban J connectivity index is 1.11. The van der Waals surface area contributed by atoms with Crippen LogP contribution in [0.3, 0.4) is 0 Å². The van der Waals surface area contributed by atoms with Crippen molar-refractivity contribution in [3.8, 4) is 11.5 Å². The van der Waals surface area contributed by atoms with E-state index in [0.717, 1.165) is 31.5 Å². The predicted octanol–water partition coefficient (Wildman–Crippen LogP) is 4.77. The average Bonchev–Trinajstić information content (AvgIpc) is 2.90. The maximum absolute atomic E-state index is 14.8. The number of halogens is 1. The van der Waals surface area contributed by atoms with E-state index in [9.17, 15) is 14.0 Å². The molecule has 40 heavy (non-hydrogen) atoms. The first kappa shape index (κ1) is 27.5.